The van der Waals surface area contributed by atoms with Crippen LogP contribution in [-0.2, 0) is 0 Å². The van der Waals surface area contributed by atoms with Gasteiger partial charge in [0.2, 0.25) is 0 Å². The Morgan fingerprint density at radius 1 is 1.05 bits per heavy atom. The highest BCUT2D eigenvalue weighted by Crippen LogP contribution is 2.31. The first kappa shape index (κ1) is 13.3. The summed E-state index contributed by atoms with van der Waals surface area (Å²) in [4.78, 5) is 9.41. The first-order valence-electron chi connectivity index (χ1n) is 6.91. The molecule has 0 spiro atoms. The van der Waals surface area contributed by atoms with Crippen LogP contribution in [0.3, 0.4) is 0 Å². The number of fused-ring (bicyclic) bond motifs is 1. The maximum atomic E-state index is 4.70. The van der Waals surface area contributed by atoms with Crippen molar-refractivity contribution in [3.05, 3.63) is 48.5 Å². The van der Waals surface area contributed by atoms with Gasteiger partial charge in [0, 0.05) is 16.2 Å². The van der Waals surface area contributed by atoms with Crippen LogP contribution in [0.25, 0.3) is 22.4 Å². The van der Waals surface area contributed by atoms with Gasteiger partial charge < -0.3 is 4.98 Å². The Balaban J connectivity index is 2.00. The van der Waals surface area contributed by atoms with Gasteiger partial charge in [0.05, 0.1) is 11.0 Å². The number of hydrogen-bond donors (Lipinski definition) is 1. The fourth-order valence-electron chi connectivity index (χ4n) is 2.12. The number of hydrogen-bond acceptors (Lipinski definition) is 2. The van der Waals surface area contributed by atoms with Crippen molar-refractivity contribution in [1.82, 2.24) is 9.97 Å². The zero-order valence-electron chi connectivity index (χ0n) is 11.8. The van der Waals surface area contributed by atoms with Gasteiger partial charge in [-0.2, -0.15) is 0 Å². The summed E-state index contributed by atoms with van der Waals surface area (Å²) in [5.74, 6) is 2.76. The summed E-state index contributed by atoms with van der Waals surface area (Å²) in [6.07, 6.45) is 0. The summed E-state index contributed by atoms with van der Waals surface area (Å²) in [7, 11) is 0. The van der Waals surface area contributed by atoms with Gasteiger partial charge in [-0.25, -0.2) is 4.98 Å². The van der Waals surface area contributed by atoms with E-state index < -0.39 is 0 Å². The van der Waals surface area contributed by atoms with Crippen molar-refractivity contribution in [2.75, 3.05) is 5.75 Å². The number of nitrogens with zero attached hydrogens (tertiary/aromatic N) is 1. The van der Waals surface area contributed by atoms with E-state index in [-0.39, 0.29) is 0 Å². The van der Waals surface area contributed by atoms with Crippen LogP contribution < -0.4 is 0 Å². The molecule has 0 aliphatic rings. The molecule has 3 heteroatoms. The van der Waals surface area contributed by atoms with E-state index in [1.54, 1.807) is 0 Å². The third kappa shape index (κ3) is 2.73. The molecular weight excluding hydrogens is 264 g/mol. The summed E-state index contributed by atoms with van der Waals surface area (Å²) in [6.45, 7) is 4.49. The first-order valence-corrected chi connectivity index (χ1v) is 7.89. The number of aromatic amines is 1. The van der Waals surface area contributed by atoms with Gasteiger partial charge in [0.25, 0.3) is 0 Å². The quantitative estimate of drug-likeness (QED) is 0.684. The molecule has 0 amide bonds. The van der Waals surface area contributed by atoms with Gasteiger partial charge in [-0.3, -0.25) is 0 Å². The number of nitrogens with one attached hydrogen (secondary N) is 1. The number of rotatable bonds is 4. The molecular formula is C17H18N2S. The summed E-state index contributed by atoms with van der Waals surface area (Å²) < 4.78 is 0. The average molecular weight is 282 g/mol. The summed E-state index contributed by atoms with van der Waals surface area (Å²) in [5.41, 5.74) is 3.30. The van der Waals surface area contributed by atoms with E-state index >= 15 is 0 Å². The highest BCUT2D eigenvalue weighted by atomic mass is 32.2. The van der Waals surface area contributed by atoms with Crippen LogP contribution >= 0.6 is 11.8 Å². The standard InChI is InChI=1S/C17H18N2S/c1-12(2)11-20-16-10-6-3-7-13(16)17-18-14-8-4-5-9-15(14)19-17/h3-10,12H,11H2,1-2H3,(H,18,19). The maximum Gasteiger partial charge on any atom is 0.139 e. The Bertz CT molecular complexity index is 683. The Morgan fingerprint density at radius 3 is 2.60 bits per heavy atom. The Kier molecular flexibility index (Phi) is 3.79. The van der Waals surface area contributed by atoms with Gasteiger partial charge in [-0.15, -0.1) is 11.8 Å². The molecule has 0 aliphatic heterocycles. The third-order valence-electron chi connectivity index (χ3n) is 3.10. The molecule has 1 heterocycles. The highest BCUT2D eigenvalue weighted by Gasteiger charge is 2.10. The second-order valence-electron chi connectivity index (χ2n) is 5.30. The molecule has 0 saturated heterocycles. The maximum absolute atomic E-state index is 4.70. The molecule has 0 saturated carbocycles. The van der Waals surface area contributed by atoms with Crippen LogP contribution in [0.4, 0.5) is 0 Å². The lowest BCUT2D eigenvalue weighted by Crippen LogP contribution is -1.92. The van der Waals surface area contributed by atoms with Crippen LogP contribution in [0.15, 0.2) is 53.4 Å². The fraction of sp³-hybridized carbons (Fsp3) is 0.235. The molecule has 0 unspecified atom stereocenters. The molecule has 0 radical (unpaired) electrons. The number of H-pyrrole nitrogens is 1. The van der Waals surface area contributed by atoms with E-state index in [0.29, 0.717) is 5.92 Å². The zero-order valence-corrected chi connectivity index (χ0v) is 12.6. The van der Waals surface area contributed by atoms with Gasteiger partial charge in [-0.1, -0.05) is 44.2 Å². The first-order chi connectivity index (χ1) is 9.74. The van der Waals surface area contributed by atoms with Crippen LogP contribution in [0.5, 0.6) is 0 Å². The van der Waals surface area contributed by atoms with Crippen molar-refractivity contribution in [2.24, 2.45) is 5.92 Å². The lowest BCUT2D eigenvalue weighted by atomic mass is 10.2. The van der Waals surface area contributed by atoms with Gasteiger partial charge in [0.15, 0.2) is 0 Å². The minimum Gasteiger partial charge on any atom is -0.338 e. The Hall–Kier alpha value is -1.74. The molecule has 0 aliphatic carbocycles. The molecule has 2 aromatic carbocycles. The van der Waals surface area contributed by atoms with Crippen molar-refractivity contribution in [3.8, 4) is 11.4 Å². The summed E-state index contributed by atoms with van der Waals surface area (Å²) >= 11 is 1.90. The van der Waals surface area contributed by atoms with Crippen molar-refractivity contribution < 1.29 is 0 Å². The minimum atomic E-state index is 0.684. The van der Waals surface area contributed by atoms with Gasteiger partial charge in [0.1, 0.15) is 5.82 Å². The normalized spacial score (nSPS) is 11.3. The van der Waals surface area contributed by atoms with Crippen LogP contribution in [0, 0.1) is 5.92 Å². The predicted octanol–water partition coefficient (Wildman–Crippen LogP) is 4.98. The topological polar surface area (TPSA) is 28.7 Å². The van der Waals surface area contributed by atoms with E-state index in [4.69, 9.17) is 4.98 Å². The summed E-state index contributed by atoms with van der Waals surface area (Å²) in [6, 6.07) is 16.6. The number of aromatic nitrogens is 2. The molecule has 3 rings (SSSR count). The van der Waals surface area contributed by atoms with Crippen LogP contribution in [0.2, 0.25) is 0 Å². The Labute approximate surface area is 123 Å². The summed E-state index contributed by atoms with van der Waals surface area (Å²) in [5, 5.41) is 0. The van der Waals surface area contributed by atoms with Crippen molar-refractivity contribution >= 4 is 22.8 Å². The smallest absolute Gasteiger partial charge is 0.139 e. The fourth-order valence-corrected chi connectivity index (χ4v) is 3.13. The number of thioether (sulfide) groups is 1. The van der Waals surface area contributed by atoms with Gasteiger partial charge >= 0.3 is 0 Å². The molecule has 1 N–H and O–H groups in total. The SMILES string of the molecule is CC(C)CSc1ccccc1-c1nc2ccccc2[nH]1. The monoisotopic (exact) mass is 282 g/mol. The minimum absolute atomic E-state index is 0.684. The molecule has 0 atom stereocenters. The molecule has 20 heavy (non-hydrogen) atoms. The lowest BCUT2D eigenvalue weighted by Gasteiger charge is -2.08. The van der Waals surface area contributed by atoms with Crippen molar-refractivity contribution in [1.29, 1.82) is 0 Å². The van der Waals surface area contributed by atoms with E-state index in [1.165, 1.54) is 10.5 Å². The van der Waals surface area contributed by atoms with Crippen molar-refractivity contribution in [2.45, 2.75) is 18.7 Å². The average Bonchev–Trinajstić information content (AvgIpc) is 2.89. The number of imidazole rings is 1. The number of para-hydroxylation sites is 2. The number of benzene rings is 2. The van der Waals surface area contributed by atoms with E-state index in [0.717, 1.165) is 22.6 Å². The van der Waals surface area contributed by atoms with E-state index in [9.17, 15) is 0 Å². The zero-order chi connectivity index (χ0) is 13.9. The van der Waals surface area contributed by atoms with Crippen molar-refractivity contribution in [3.63, 3.8) is 0 Å². The van der Waals surface area contributed by atoms with E-state index in [2.05, 4.69) is 49.2 Å². The Morgan fingerprint density at radius 2 is 1.80 bits per heavy atom. The van der Waals surface area contributed by atoms with Gasteiger partial charge in [-0.05, 0) is 24.1 Å². The van der Waals surface area contributed by atoms with Crippen LogP contribution in [0.1, 0.15) is 13.8 Å². The molecule has 102 valence electrons. The third-order valence-corrected chi connectivity index (χ3v) is 4.60. The predicted molar refractivity (Wildman–Crippen MR) is 87.1 cm³/mol. The van der Waals surface area contributed by atoms with Crippen LogP contribution in [-0.4, -0.2) is 15.7 Å². The lowest BCUT2D eigenvalue weighted by molar-refractivity contribution is 0.750. The molecule has 3 aromatic rings. The molecule has 2 nitrogen and oxygen atoms in total. The molecule has 0 fully saturated rings. The second kappa shape index (κ2) is 5.71. The molecule has 0 bridgehead atoms. The largest absolute Gasteiger partial charge is 0.338 e. The van der Waals surface area contributed by atoms with E-state index in [1.807, 2.05) is 30.0 Å². The second-order valence-corrected chi connectivity index (χ2v) is 6.37. The highest BCUT2D eigenvalue weighted by molar-refractivity contribution is 7.99. The molecule has 1 aromatic heterocycles.